The zero-order valence-corrected chi connectivity index (χ0v) is 16.1. The minimum absolute atomic E-state index is 0.0218. The molecule has 28 heavy (non-hydrogen) atoms. The fourth-order valence-corrected chi connectivity index (χ4v) is 3.47. The number of hydrogen-bond acceptors (Lipinski definition) is 8. The second-order valence-electron chi connectivity index (χ2n) is 6.60. The Morgan fingerprint density at radius 3 is 2.57 bits per heavy atom. The van der Waals surface area contributed by atoms with Crippen molar-refractivity contribution in [3.05, 3.63) is 47.5 Å². The Morgan fingerprint density at radius 1 is 1.32 bits per heavy atom. The molecule has 0 unspecified atom stereocenters. The zero-order chi connectivity index (χ0) is 20.3. The highest BCUT2D eigenvalue weighted by atomic mass is 32.2. The summed E-state index contributed by atoms with van der Waals surface area (Å²) in [6.07, 6.45) is 2.39. The molecule has 0 radical (unpaired) electrons. The van der Waals surface area contributed by atoms with Gasteiger partial charge in [0, 0.05) is 19.6 Å². The Labute approximate surface area is 161 Å². The number of rotatable bonds is 6. The number of sulfonamides is 1. The molecule has 10 nitrogen and oxygen atoms in total. The van der Waals surface area contributed by atoms with E-state index >= 15 is 0 Å². The lowest BCUT2D eigenvalue weighted by Gasteiger charge is -2.31. The molecule has 3 rings (SSSR count). The Bertz CT molecular complexity index is 990. The summed E-state index contributed by atoms with van der Waals surface area (Å²) in [5.41, 5.74) is -0.635. The molecule has 1 fully saturated rings. The van der Waals surface area contributed by atoms with Gasteiger partial charge >= 0.3 is 11.6 Å². The first-order valence-corrected chi connectivity index (χ1v) is 10.6. The highest BCUT2D eigenvalue weighted by Crippen LogP contribution is 2.20. The van der Waals surface area contributed by atoms with Crippen LogP contribution in [0.1, 0.15) is 29.1 Å². The molecule has 1 aliphatic heterocycles. The van der Waals surface area contributed by atoms with Crippen molar-refractivity contribution in [1.29, 1.82) is 5.41 Å². The normalized spacial score (nSPS) is 16.0. The van der Waals surface area contributed by atoms with Crippen molar-refractivity contribution in [2.24, 2.45) is 0 Å². The Kier molecular flexibility index (Phi) is 5.75. The maximum atomic E-state index is 12.1. The number of piperidine rings is 1. The molecule has 3 N–H and O–H groups in total. The van der Waals surface area contributed by atoms with Crippen LogP contribution in [0.2, 0.25) is 0 Å². The van der Waals surface area contributed by atoms with Crippen molar-refractivity contribution in [2.45, 2.75) is 25.5 Å². The lowest BCUT2D eigenvalue weighted by atomic mass is 10.1. The van der Waals surface area contributed by atoms with Gasteiger partial charge in [-0.3, -0.25) is 9.69 Å². The lowest BCUT2D eigenvalue weighted by molar-refractivity contribution is 0.0858. The lowest BCUT2D eigenvalue weighted by Crippen LogP contribution is -2.39. The molecule has 1 aliphatic rings. The minimum Gasteiger partial charge on any atom is -0.490 e. The number of carbonyl (C=O) groups is 1. The van der Waals surface area contributed by atoms with Gasteiger partial charge < -0.3 is 14.4 Å². The van der Waals surface area contributed by atoms with Crippen LogP contribution in [-0.2, 0) is 16.6 Å². The van der Waals surface area contributed by atoms with Gasteiger partial charge in [0.25, 0.3) is 0 Å². The van der Waals surface area contributed by atoms with Crippen LogP contribution in [0, 0.1) is 5.41 Å². The standard InChI is InChI=1S/C17H22N4O6S/c1-28(24,25)19-16(22)15-14(21(23)17(18)27-15)11-20-9-7-13(8-10-20)26-12-5-3-2-4-6-12/h2-6,13,18,23H,7-11H2,1H3,(H,19,22). The Balaban J connectivity index is 1.65. The molecular formula is C17H22N4O6S. The highest BCUT2D eigenvalue weighted by Gasteiger charge is 2.27. The molecule has 11 heteroatoms. The molecule has 0 bridgehead atoms. The van der Waals surface area contributed by atoms with Gasteiger partial charge in [0.1, 0.15) is 17.5 Å². The molecule has 2 heterocycles. The fourth-order valence-electron chi connectivity index (χ4n) is 3.04. The van der Waals surface area contributed by atoms with Crippen LogP contribution in [0.25, 0.3) is 0 Å². The third kappa shape index (κ3) is 4.93. The third-order valence-corrected chi connectivity index (χ3v) is 4.90. The zero-order valence-electron chi connectivity index (χ0n) is 15.3. The van der Waals surface area contributed by atoms with Crippen molar-refractivity contribution in [2.75, 3.05) is 19.3 Å². The molecule has 1 amide bonds. The first kappa shape index (κ1) is 20.0. The molecule has 2 aromatic rings. The quantitative estimate of drug-likeness (QED) is 0.591. The van der Waals surface area contributed by atoms with E-state index in [1.54, 1.807) is 4.72 Å². The number of ether oxygens (including phenoxy) is 1. The second kappa shape index (κ2) is 8.07. The number of nitrogens with zero attached hydrogens (tertiary/aromatic N) is 2. The van der Waals surface area contributed by atoms with Crippen molar-refractivity contribution in [3.8, 4) is 5.75 Å². The number of amides is 1. The molecule has 1 aromatic carbocycles. The predicted molar refractivity (Wildman–Crippen MR) is 97.4 cm³/mol. The molecule has 0 saturated carbocycles. The van der Waals surface area contributed by atoms with Crippen LogP contribution in [0.15, 0.2) is 34.7 Å². The van der Waals surface area contributed by atoms with Gasteiger partial charge in [-0.1, -0.05) is 18.2 Å². The largest absolute Gasteiger partial charge is 0.490 e. The maximum Gasteiger partial charge on any atom is 0.328 e. The predicted octanol–water partition coefficient (Wildman–Crippen LogP) is 0.531. The molecular weight excluding hydrogens is 388 g/mol. The van der Waals surface area contributed by atoms with E-state index in [-0.39, 0.29) is 18.3 Å². The van der Waals surface area contributed by atoms with E-state index in [4.69, 9.17) is 14.6 Å². The number of likely N-dealkylation sites (tertiary alicyclic amines) is 1. The summed E-state index contributed by atoms with van der Waals surface area (Å²) in [6.45, 7) is 1.41. The van der Waals surface area contributed by atoms with Gasteiger partial charge in [0.05, 0.1) is 6.26 Å². The number of hydrogen-bond donors (Lipinski definition) is 3. The number of para-hydroxylation sites is 1. The smallest absolute Gasteiger partial charge is 0.328 e. The van der Waals surface area contributed by atoms with Gasteiger partial charge in [-0.2, -0.15) is 0 Å². The first-order chi connectivity index (χ1) is 13.2. The van der Waals surface area contributed by atoms with E-state index in [1.165, 1.54) is 0 Å². The van der Waals surface area contributed by atoms with Gasteiger partial charge in [-0.05, 0) is 25.0 Å². The topological polar surface area (TPSA) is 138 Å². The third-order valence-electron chi connectivity index (χ3n) is 4.35. The van der Waals surface area contributed by atoms with Crippen LogP contribution < -0.4 is 15.1 Å². The van der Waals surface area contributed by atoms with Crippen LogP contribution in [0.5, 0.6) is 5.75 Å². The monoisotopic (exact) mass is 410 g/mol. The van der Waals surface area contributed by atoms with E-state index < -0.39 is 27.4 Å². The molecule has 1 saturated heterocycles. The van der Waals surface area contributed by atoms with Gasteiger partial charge in [-0.15, -0.1) is 4.73 Å². The highest BCUT2D eigenvalue weighted by molar-refractivity contribution is 7.89. The summed E-state index contributed by atoms with van der Waals surface area (Å²) in [4.78, 5) is 14.1. The molecule has 0 spiro atoms. The number of aromatic nitrogens is 1. The number of oxazole rings is 1. The summed E-state index contributed by atoms with van der Waals surface area (Å²) in [5, 5.41) is 17.6. The number of carbonyl (C=O) groups excluding carboxylic acids is 1. The van der Waals surface area contributed by atoms with E-state index in [1.807, 2.05) is 35.2 Å². The van der Waals surface area contributed by atoms with E-state index in [2.05, 4.69) is 0 Å². The Morgan fingerprint density at radius 2 is 1.96 bits per heavy atom. The van der Waals surface area contributed by atoms with Crippen molar-refractivity contribution in [3.63, 3.8) is 0 Å². The molecule has 1 aromatic heterocycles. The van der Waals surface area contributed by atoms with E-state index in [0.29, 0.717) is 17.8 Å². The summed E-state index contributed by atoms with van der Waals surface area (Å²) in [6, 6.07) is 9.53. The van der Waals surface area contributed by atoms with Crippen molar-refractivity contribution >= 4 is 15.9 Å². The van der Waals surface area contributed by atoms with Crippen molar-refractivity contribution in [1.82, 2.24) is 14.4 Å². The van der Waals surface area contributed by atoms with Crippen LogP contribution in [0.4, 0.5) is 0 Å². The van der Waals surface area contributed by atoms with Crippen molar-refractivity contribution < 1.29 is 27.6 Å². The summed E-state index contributed by atoms with van der Waals surface area (Å²) >= 11 is 0. The summed E-state index contributed by atoms with van der Waals surface area (Å²) < 4.78 is 35.7. The van der Waals surface area contributed by atoms with Gasteiger partial charge in [0.15, 0.2) is 0 Å². The van der Waals surface area contributed by atoms with Gasteiger partial charge in [0.2, 0.25) is 15.8 Å². The molecule has 152 valence electrons. The van der Waals surface area contributed by atoms with E-state index in [0.717, 1.165) is 24.8 Å². The number of benzene rings is 1. The summed E-state index contributed by atoms with van der Waals surface area (Å²) in [5.74, 6) is -0.621. The number of nitrogens with one attached hydrogen (secondary N) is 2. The SMILES string of the molecule is CS(=O)(=O)NC(=O)c1oc(=N)n(O)c1CN1CCC(Oc2ccccc2)CC1. The average molecular weight is 410 g/mol. The van der Waals surface area contributed by atoms with Crippen LogP contribution in [-0.4, -0.2) is 54.6 Å². The summed E-state index contributed by atoms with van der Waals surface area (Å²) in [7, 11) is -3.80. The maximum absolute atomic E-state index is 12.1. The first-order valence-electron chi connectivity index (χ1n) is 8.67. The average Bonchev–Trinajstić information content (AvgIpc) is 2.91. The molecule has 0 aliphatic carbocycles. The van der Waals surface area contributed by atoms with E-state index in [9.17, 15) is 18.4 Å². The van der Waals surface area contributed by atoms with Gasteiger partial charge in [-0.25, -0.2) is 18.5 Å². The van der Waals surface area contributed by atoms with Crippen LogP contribution in [0.3, 0.4) is 0 Å². The van der Waals surface area contributed by atoms with Crippen LogP contribution >= 0.6 is 0 Å². The minimum atomic E-state index is -3.80. The Hall–Kier alpha value is -2.79. The fraction of sp³-hybridized carbons (Fsp3) is 0.412. The second-order valence-corrected chi connectivity index (χ2v) is 8.35. The molecule has 0 atom stereocenters.